The van der Waals surface area contributed by atoms with Crippen LogP contribution in [0.2, 0.25) is 0 Å². The van der Waals surface area contributed by atoms with Gasteiger partial charge in [-0.3, -0.25) is 13.8 Å². The van der Waals surface area contributed by atoms with Crippen LogP contribution in [-0.2, 0) is 17.1 Å². The molecule has 3 aromatic heterocycles. The summed E-state index contributed by atoms with van der Waals surface area (Å²) < 4.78 is 37.5. The van der Waals surface area contributed by atoms with Gasteiger partial charge in [0.15, 0.2) is 0 Å². The number of sulfonamides is 1. The van der Waals surface area contributed by atoms with Gasteiger partial charge in [-0.1, -0.05) is 0 Å². The first-order valence-electron chi connectivity index (χ1n) is 8.81. The van der Waals surface area contributed by atoms with E-state index in [1.807, 2.05) is 24.5 Å². The van der Waals surface area contributed by atoms with E-state index in [0.717, 1.165) is 5.56 Å². The number of nitrogens with zero attached hydrogens (tertiary/aromatic N) is 5. The third-order valence-corrected chi connectivity index (χ3v) is 6.30. The van der Waals surface area contributed by atoms with Gasteiger partial charge in [0.1, 0.15) is 10.6 Å². The molecule has 1 N–H and O–H groups in total. The van der Waals surface area contributed by atoms with Crippen molar-refractivity contribution in [3.63, 3.8) is 0 Å². The van der Waals surface area contributed by atoms with Crippen LogP contribution in [0.4, 0.5) is 5.69 Å². The fourth-order valence-electron chi connectivity index (χ4n) is 3.25. The summed E-state index contributed by atoms with van der Waals surface area (Å²) in [4.78, 5) is 8.85. The summed E-state index contributed by atoms with van der Waals surface area (Å²) in [5, 5.41) is 4.20. The van der Waals surface area contributed by atoms with Gasteiger partial charge >= 0.3 is 0 Å². The standard InChI is InChI=1S/C19H20N6O3S/c1-12-18(13(2)24(3)22-12)29(26,27)23-15-10-14(6-7-17(15)28-4)16-11-25-9-5-8-20-19(25)21-16/h5-11,23H,1-4H3. The number of methoxy groups -OCH3 is 1. The maximum atomic E-state index is 13.1. The minimum absolute atomic E-state index is 0.157. The summed E-state index contributed by atoms with van der Waals surface area (Å²) >= 11 is 0. The third-order valence-electron chi connectivity index (χ3n) is 4.69. The molecular formula is C19H20N6O3S. The van der Waals surface area contributed by atoms with E-state index >= 15 is 0 Å². The second-order valence-corrected chi connectivity index (χ2v) is 8.22. The van der Waals surface area contributed by atoms with E-state index in [1.165, 1.54) is 7.11 Å². The van der Waals surface area contributed by atoms with Crippen LogP contribution < -0.4 is 9.46 Å². The van der Waals surface area contributed by atoms with E-state index in [-0.39, 0.29) is 4.90 Å². The number of aromatic nitrogens is 5. The quantitative estimate of drug-likeness (QED) is 0.540. The normalized spacial score (nSPS) is 11.7. The summed E-state index contributed by atoms with van der Waals surface area (Å²) in [5.74, 6) is 0.959. The van der Waals surface area contributed by atoms with Crippen LogP contribution >= 0.6 is 0 Å². The average molecular weight is 412 g/mol. The van der Waals surface area contributed by atoms with Crippen molar-refractivity contribution in [2.45, 2.75) is 18.7 Å². The SMILES string of the molecule is COc1ccc(-c2cn3cccnc3n2)cc1NS(=O)(=O)c1c(C)nn(C)c1C. The first-order valence-corrected chi connectivity index (χ1v) is 10.3. The Balaban J connectivity index is 1.78. The van der Waals surface area contributed by atoms with Crippen molar-refractivity contribution < 1.29 is 13.2 Å². The monoisotopic (exact) mass is 412 g/mol. The van der Waals surface area contributed by atoms with E-state index in [4.69, 9.17) is 4.74 Å². The molecule has 0 saturated heterocycles. The topological polar surface area (TPSA) is 103 Å². The third kappa shape index (κ3) is 3.31. The Bertz CT molecular complexity index is 1290. The average Bonchev–Trinajstić information content (AvgIpc) is 3.22. The molecular weight excluding hydrogens is 392 g/mol. The zero-order valence-electron chi connectivity index (χ0n) is 16.4. The fraction of sp³-hybridized carbons (Fsp3) is 0.211. The Hall–Kier alpha value is -3.40. The van der Waals surface area contributed by atoms with E-state index in [2.05, 4.69) is 19.8 Å². The molecule has 9 nitrogen and oxygen atoms in total. The lowest BCUT2D eigenvalue weighted by Gasteiger charge is -2.13. The number of anilines is 1. The first-order chi connectivity index (χ1) is 13.8. The molecule has 0 bridgehead atoms. The van der Waals surface area contributed by atoms with Crippen LogP contribution in [0, 0.1) is 13.8 Å². The van der Waals surface area contributed by atoms with Crippen molar-refractivity contribution in [1.29, 1.82) is 0 Å². The molecule has 0 unspecified atom stereocenters. The van der Waals surface area contributed by atoms with Crippen LogP contribution in [0.3, 0.4) is 0 Å². The van der Waals surface area contributed by atoms with E-state index in [1.54, 1.807) is 48.3 Å². The highest BCUT2D eigenvalue weighted by Crippen LogP contribution is 2.32. The minimum Gasteiger partial charge on any atom is -0.495 e. The predicted molar refractivity (Wildman–Crippen MR) is 108 cm³/mol. The highest BCUT2D eigenvalue weighted by molar-refractivity contribution is 7.92. The van der Waals surface area contributed by atoms with Crippen molar-refractivity contribution >= 4 is 21.5 Å². The molecule has 4 aromatic rings. The summed E-state index contributed by atoms with van der Waals surface area (Å²) in [7, 11) is -0.665. The van der Waals surface area contributed by atoms with Crippen LogP contribution in [0.25, 0.3) is 17.0 Å². The Kier molecular flexibility index (Phi) is 4.50. The molecule has 0 radical (unpaired) electrons. The summed E-state index contributed by atoms with van der Waals surface area (Å²) in [5.41, 5.74) is 2.70. The number of ether oxygens (including phenoxy) is 1. The van der Waals surface area contributed by atoms with Crippen LogP contribution in [0.5, 0.6) is 5.75 Å². The van der Waals surface area contributed by atoms with Crippen LogP contribution in [0.1, 0.15) is 11.4 Å². The Morgan fingerprint density at radius 2 is 2.00 bits per heavy atom. The number of imidazole rings is 1. The molecule has 29 heavy (non-hydrogen) atoms. The van der Waals surface area contributed by atoms with Crippen molar-refractivity contribution in [3.8, 4) is 17.0 Å². The lowest BCUT2D eigenvalue weighted by Crippen LogP contribution is -2.15. The van der Waals surface area contributed by atoms with E-state index in [9.17, 15) is 8.42 Å². The van der Waals surface area contributed by atoms with Gasteiger partial charge in [-0.25, -0.2) is 18.4 Å². The van der Waals surface area contributed by atoms with Crippen LogP contribution in [0.15, 0.2) is 47.8 Å². The van der Waals surface area contributed by atoms with Gasteiger partial charge in [0.05, 0.1) is 29.9 Å². The fourth-order valence-corrected chi connectivity index (χ4v) is 4.76. The zero-order valence-corrected chi connectivity index (χ0v) is 17.2. The van der Waals surface area contributed by atoms with E-state index < -0.39 is 10.0 Å². The van der Waals surface area contributed by atoms with Gasteiger partial charge in [0.2, 0.25) is 5.78 Å². The van der Waals surface area contributed by atoms with Gasteiger partial charge < -0.3 is 4.74 Å². The smallest absolute Gasteiger partial charge is 0.265 e. The molecule has 10 heteroatoms. The molecule has 0 fully saturated rings. The molecule has 0 amide bonds. The molecule has 150 valence electrons. The molecule has 4 rings (SSSR count). The van der Waals surface area contributed by atoms with Crippen molar-refractivity contribution in [1.82, 2.24) is 24.1 Å². The van der Waals surface area contributed by atoms with Gasteiger partial charge in [-0.05, 0) is 38.1 Å². The molecule has 0 aliphatic rings. The molecule has 3 heterocycles. The maximum Gasteiger partial charge on any atom is 0.265 e. The Morgan fingerprint density at radius 1 is 1.21 bits per heavy atom. The first kappa shape index (κ1) is 18.9. The highest BCUT2D eigenvalue weighted by Gasteiger charge is 2.25. The van der Waals surface area contributed by atoms with Crippen molar-refractivity contribution in [2.24, 2.45) is 7.05 Å². The zero-order chi connectivity index (χ0) is 20.8. The number of aryl methyl sites for hydroxylation is 2. The predicted octanol–water partition coefficient (Wildman–Crippen LogP) is 2.56. The Labute approximate surface area is 168 Å². The van der Waals surface area contributed by atoms with Crippen LogP contribution in [-0.4, -0.2) is 39.7 Å². The maximum absolute atomic E-state index is 13.1. The van der Waals surface area contributed by atoms with Gasteiger partial charge in [-0.2, -0.15) is 5.10 Å². The number of fused-ring (bicyclic) bond motifs is 1. The van der Waals surface area contributed by atoms with E-state index in [0.29, 0.717) is 34.3 Å². The molecule has 0 saturated carbocycles. The second-order valence-electron chi connectivity index (χ2n) is 6.60. The minimum atomic E-state index is -3.86. The lowest BCUT2D eigenvalue weighted by atomic mass is 10.1. The number of hydrogen-bond donors (Lipinski definition) is 1. The van der Waals surface area contributed by atoms with Crippen molar-refractivity contribution in [3.05, 3.63) is 54.2 Å². The molecule has 0 atom stereocenters. The number of hydrogen-bond acceptors (Lipinski definition) is 6. The summed E-state index contributed by atoms with van der Waals surface area (Å²) in [6.07, 6.45) is 5.34. The van der Waals surface area contributed by atoms with Gasteiger partial charge in [-0.15, -0.1) is 0 Å². The van der Waals surface area contributed by atoms with Gasteiger partial charge in [0.25, 0.3) is 10.0 Å². The number of rotatable bonds is 5. The lowest BCUT2D eigenvalue weighted by molar-refractivity contribution is 0.417. The summed E-state index contributed by atoms with van der Waals surface area (Å²) in [6, 6.07) is 7.02. The molecule has 0 spiro atoms. The summed E-state index contributed by atoms with van der Waals surface area (Å²) in [6.45, 7) is 3.38. The molecule has 0 aliphatic carbocycles. The Morgan fingerprint density at radius 3 is 2.66 bits per heavy atom. The number of benzene rings is 1. The molecule has 1 aromatic carbocycles. The van der Waals surface area contributed by atoms with Crippen molar-refractivity contribution in [2.75, 3.05) is 11.8 Å². The highest BCUT2D eigenvalue weighted by atomic mass is 32.2. The van der Waals surface area contributed by atoms with Gasteiger partial charge in [0, 0.05) is 31.2 Å². The largest absolute Gasteiger partial charge is 0.495 e. The molecule has 0 aliphatic heterocycles. The second kappa shape index (κ2) is 6.89. The number of nitrogens with one attached hydrogen (secondary N) is 1.